The van der Waals surface area contributed by atoms with Gasteiger partial charge in [0.1, 0.15) is 17.4 Å². The Morgan fingerprint density at radius 2 is 2.00 bits per heavy atom. The highest BCUT2D eigenvalue weighted by Crippen LogP contribution is 2.33. The van der Waals surface area contributed by atoms with Gasteiger partial charge in [0.2, 0.25) is 5.89 Å². The van der Waals surface area contributed by atoms with Crippen LogP contribution in [-0.2, 0) is 4.74 Å². The summed E-state index contributed by atoms with van der Waals surface area (Å²) in [7, 11) is 0. The number of oxazole rings is 1. The van der Waals surface area contributed by atoms with E-state index in [1.807, 2.05) is 13.8 Å². The van der Waals surface area contributed by atoms with Gasteiger partial charge in [-0.15, -0.1) is 0 Å². The average molecular weight is 360 g/mol. The number of anilines is 1. The predicted molar refractivity (Wildman–Crippen MR) is 92.3 cm³/mol. The molecule has 1 aromatic carbocycles. The zero-order chi connectivity index (χ0) is 18.1. The van der Waals surface area contributed by atoms with E-state index >= 15 is 0 Å². The summed E-state index contributed by atoms with van der Waals surface area (Å²) in [4.78, 5) is 8.88. The van der Waals surface area contributed by atoms with Gasteiger partial charge in [-0.25, -0.2) is 4.39 Å². The summed E-state index contributed by atoms with van der Waals surface area (Å²) in [5, 5.41) is 7.34. The van der Waals surface area contributed by atoms with Gasteiger partial charge in [0.25, 0.3) is 6.01 Å². The molecule has 26 heavy (non-hydrogen) atoms. The van der Waals surface area contributed by atoms with Gasteiger partial charge in [-0.3, -0.25) is 0 Å². The van der Waals surface area contributed by atoms with Crippen LogP contribution in [0.25, 0.3) is 11.1 Å². The summed E-state index contributed by atoms with van der Waals surface area (Å²) in [6.07, 6.45) is 1.73. The van der Waals surface area contributed by atoms with Gasteiger partial charge in [-0.1, -0.05) is 19.0 Å². The standard InChI is InChI=1S/C18H21FN4O3/c1-10(2)16-22-17(26-23-16)15(11-5-7-24-8-6-11)21-18-20-13-9-12(19)3-4-14(13)25-18/h3-4,9-11,15H,5-8H2,1-2H3,(H,20,21)/t15-/m0/s1. The van der Waals surface area contributed by atoms with E-state index in [0.29, 0.717) is 42.0 Å². The fourth-order valence-electron chi connectivity index (χ4n) is 3.13. The van der Waals surface area contributed by atoms with E-state index in [1.165, 1.54) is 12.1 Å². The number of benzene rings is 1. The Balaban J connectivity index is 1.64. The summed E-state index contributed by atoms with van der Waals surface area (Å²) in [6.45, 7) is 5.40. The Morgan fingerprint density at radius 3 is 2.73 bits per heavy atom. The first-order chi connectivity index (χ1) is 12.6. The largest absolute Gasteiger partial charge is 0.424 e. The highest BCUT2D eigenvalue weighted by atomic mass is 19.1. The maximum atomic E-state index is 13.4. The second-order valence-corrected chi connectivity index (χ2v) is 6.85. The molecule has 0 radical (unpaired) electrons. The second kappa shape index (κ2) is 7.03. The zero-order valence-corrected chi connectivity index (χ0v) is 14.7. The number of halogens is 1. The number of rotatable bonds is 5. The van der Waals surface area contributed by atoms with Crippen LogP contribution in [0.15, 0.2) is 27.1 Å². The average Bonchev–Trinajstić information content (AvgIpc) is 3.26. The Labute approximate surface area is 149 Å². The minimum Gasteiger partial charge on any atom is -0.424 e. The molecule has 1 atom stereocenters. The minimum atomic E-state index is -0.350. The number of aromatic nitrogens is 3. The molecule has 0 saturated carbocycles. The lowest BCUT2D eigenvalue weighted by Gasteiger charge is -2.28. The third kappa shape index (κ3) is 3.41. The minimum absolute atomic E-state index is 0.176. The lowest BCUT2D eigenvalue weighted by atomic mass is 9.91. The van der Waals surface area contributed by atoms with Gasteiger partial charge in [-0.2, -0.15) is 9.97 Å². The highest BCUT2D eigenvalue weighted by Gasteiger charge is 2.31. The first kappa shape index (κ1) is 17.0. The monoisotopic (exact) mass is 360 g/mol. The van der Waals surface area contributed by atoms with Crippen molar-refractivity contribution in [1.82, 2.24) is 15.1 Å². The summed E-state index contributed by atoms with van der Waals surface area (Å²) in [6, 6.07) is 4.33. The van der Waals surface area contributed by atoms with E-state index in [1.54, 1.807) is 6.07 Å². The van der Waals surface area contributed by atoms with Crippen molar-refractivity contribution in [3.05, 3.63) is 35.7 Å². The van der Waals surface area contributed by atoms with Gasteiger partial charge < -0.3 is 19.0 Å². The predicted octanol–water partition coefficient (Wildman–Crippen LogP) is 4.05. The Kier molecular flexibility index (Phi) is 4.58. The molecular weight excluding hydrogens is 339 g/mol. The first-order valence-electron chi connectivity index (χ1n) is 8.84. The van der Waals surface area contributed by atoms with E-state index < -0.39 is 0 Å². The molecule has 0 bridgehead atoms. The van der Waals surface area contributed by atoms with Crippen LogP contribution in [0.2, 0.25) is 0 Å². The summed E-state index contributed by atoms with van der Waals surface area (Å²) in [5.74, 6) is 1.25. The first-order valence-corrected chi connectivity index (χ1v) is 8.84. The Hall–Kier alpha value is -2.48. The normalized spacial score (nSPS) is 17.1. The molecular formula is C18H21FN4O3. The van der Waals surface area contributed by atoms with E-state index in [9.17, 15) is 4.39 Å². The van der Waals surface area contributed by atoms with Crippen LogP contribution >= 0.6 is 0 Å². The lowest BCUT2D eigenvalue weighted by Crippen LogP contribution is -2.27. The molecule has 0 amide bonds. The molecule has 1 aliphatic heterocycles. The van der Waals surface area contributed by atoms with Crippen molar-refractivity contribution in [3.63, 3.8) is 0 Å². The van der Waals surface area contributed by atoms with Crippen molar-refractivity contribution >= 4 is 17.1 Å². The van der Waals surface area contributed by atoms with Crippen LogP contribution in [0, 0.1) is 11.7 Å². The van der Waals surface area contributed by atoms with Gasteiger partial charge in [0, 0.05) is 25.2 Å². The molecule has 0 spiro atoms. The summed E-state index contributed by atoms with van der Waals surface area (Å²) < 4.78 is 30.1. The van der Waals surface area contributed by atoms with Crippen molar-refractivity contribution in [1.29, 1.82) is 0 Å². The van der Waals surface area contributed by atoms with E-state index in [0.717, 1.165) is 12.8 Å². The number of ether oxygens (including phenoxy) is 1. The van der Waals surface area contributed by atoms with Gasteiger partial charge in [0.05, 0.1) is 0 Å². The number of fused-ring (bicyclic) bond motifs is 1. The molecule has 0 unspecified atom stereocenters. The Morgan fingerprint density at radius 1 is 1.19 bits per heavy atom. The van der Waals surface area contributed by atoms with Gasteiger partial charge >= 0.3 is 0 Å². The molecule has 3 aromatic rings. The molecule has 2 aromatic heterocycles. The van der Waals surface area contributed by atoms with Crippen LogP contribution in [-0.4, -0.2) is 28.3 Å². The maximum absolute atomic E-state index is 13.4. The lowest BCUT2D eigenvalue weighted by molar-refractivity contribution is 0.0568. The van der Waals surface area contributed by atoms with Crippen molar-refractivity contribution in [3.8, 4) is 0 Å². The molecule has 1 saturated heterocycles. The molecule has 7 nitrogen and oxygen atoms in total. The number of nitrogens with zero attached hydrogens (tertiary/aromatic N) is 3. The van der Waals surface area contributed by atoms with Crippen molar-refractivity contribution < 1.29 is 18.1 Å². The highest BCUT2D eigenvalue weighted by molar-refractivity contribution is 5.74. The Bertz CT molecular complexity index is 886. The van der Waals surface area contributed by atoms with Crippen molar-refractivity contribution in [2.75, 3.05) is 18.5 Å². The van der Waals surface area contributed by atoms with Gasteiger partial charge in [0.15, 0.2) is 11.4 Å². The molecule has 1 aliphatic rings. The van der Waals surface area contributed by atoms with Crippen LogP contribution < -0.4 is 5.32 Å². The third-order valence-electron chi connectivity index (χ3n) is 4.61. The third-order valence-corrected chi connectivity index (χ3v) is 4.61. The van der Waals surface area contributed by atoms with E-state index in [2.05, 4.69) is 20.4 Å². The molecule has 8 heteroatoms. The maximum Gasteiger partial charge on any atom is 0.296 e. The SMILES string of the molecule is CC(C)c1noc([C@@H](Nc2nc3cc(F)ccc3o2)C2CCOCC2)n1. The molecule has 1 N–H and O–H groups in total. The number of nitrogens with one attached hydrogen (secondary N) is 1. The van der Waals surface area contributed by atoms with E-state index in [-0.39, 0.29) is 23.7 Å². The van der Waals surface area contributed by atoms with Gasteiger partial charge in [-0.05, 0) is 30.9 Å². The molecule has 1 fully saturated rings. The molecule has 3 heterocycles. The van der Waals surface area contributed by atoms with Crippen LogP contribution in [0.4, 0.5) is 10.4 Å². The van der Waals surface area contributed by atoms with Crippen LogP contribution in [0.3, 0.4) is 0 Å². The second-order valence-electron chi connectivity index (χ2n) is 6.85. The van der Waals surface area contributed by atoms with Crippen molar-refractivity contribution in [2.45, 2.75) is 38.6 Å². The summed E-state index contributed by atoms with van der Waals surface area (Å²) in [5.41, 5.74) is 0.986. The van der Waals surface area contributed by atoms with Crippen molar-refractivity contribution in [2.24, 2.45) is 5.92 Å². The number of hydrogen-bond donors (Lipinski definition) is 1. The number of hydrogen-bond acceptors (Lipinski definition) is 7. The molecule has 0 aliphatic carbocycles. The van der Waals surface area contributed by atoms with E-state index in [4.69, 9.17) is 13.7 Å². The zero-order valence-electron chi connectivity index (χ0n) is 14.7. The molecule has 138 valence electrons. The quantitative estimate of drug-likeness (QED) is 0.734. The van der Waals surface area contributed by atoms with Crippen LogP contribution in [0.5, 0.6) is 0 Å². The summed E-state index contributed by atoms with van der Waals surface area (Å²) >= 11 is 0. The smallest absolute Gasteiger partial charge is 0.296 e. The van der Waals surface area contributed by atoms with Crippen LogP contribution in [0.1, 0.15) is 50.4 Å². The fraction of sp³-hybridized carbons (Fsp3) is 0.500. The fourth-order valence-corrected chi connectivity index (χ4v) is 3.13. The topological polar surface area (TPSA) is 86.2 Å². The molecule has 4 rings (SSSR count).